The van der Waals surface area contributed by atoms with Crippen LogP contribution < -0.4 is 9.47 Å². The number of allylic oxidation sites excluding steroid dienone is 1. The molecular formula is C12H15NO4. The lowest BCUT2D eigenvalue weighted by Gasteiger charge is -2.07. The van der Waals surface area contributed by atoms with Gasteiger partial charge in [-0.25, -0.2) is 0 Å². The van der Waals surface area contributed by atoms with Gasteiger partial charge in [0.15, 0.2) is 0 Å². The third kappa shape index (κ3) is 3.21. The standard InChI is InChI=1S/C12H15NO4/c1-4-10(13(14)15)7-9-5-6-11(16-2)8-12(9)17-3/h5-8H,4H2,1-3H3. The Hall–Kier alpha value is -2.04. The Morgan fingerprint density at radius 2 is 2.12 bits per heavy atom. The lowest BCUT2D eigenvalue weighted by atomic mass is 10.1. The van der Waals surface area contributed by atoms with Gasteiger partial charge in [0.1, 0.15) is 11.5 Å². The van der Waals surface area contributed by atoms with Gasteiger partial charge < -0.3 is 9.47 Å². The summed E-state index contributed by atoms with van der Waals surface area (Å²) in [6, 6.07) is 5.16. The van der Waals surface area contributed by atoms with E-state index < -0.39 is 0 Å². The Morgan fingerprint density at radius 3 is 2.59 bits per heavy atom. The van der Waals surface area contributed by atoms with Crippen LogP contribution >= 0.6 is 0 Å². The molecule has 5 nitrogen and oxygen atoms in total. The van der Waals surface area contributed by atoms with E-state index in [0.717, 1.165) is 0 Å². The molecule has 0 heterocycles. The fraction of sp³-hybridized carbons (Fsp3) is 0.333. The number of hydrogen-bond acceptors (Lipinski definition) is 4. The molecule has 0 N–H and O–H groups in total. The van der Waals surface area contributed by atoms with E-state index in [1.54, 1.807) is 32.2 Å². The summed E-state index contributed by atoms with van der Waals surface area (Å²) in [5.41, 5.74) is 0.815. The first-order valence-corrected chi connectivity index (χ1v) is 5.19. The van der Waals surface area contributed by atoms with Crippen LogP contribution in [0.1, 0.15) is 18.9 Å². The van der Waals surface area contributed by atoms with Gasteiger partial charge in [0.05, 0.1) is 19.1 Å². The van der Waals surface area contributed by atoms with E-state index in [1.807, 2.05) is 0 Å². The molecule has 1 aromatic carbocycles. The normalized spacial score (nSPS) is 11.1. The van der Waals surface area contributed by atoms with Crippen LogP contribution in [0.15, 0.2) is 23.9 Å². The molecule has 0 radical (unpaired) electrons. The minimum absolute atomic E-state index is 0.147. The van der Waals surface area contributed by atoms with Crippen LogP contribution in [0.25, 0.3) is 6.08 Å². The van der Waals surface area contributed by atoms with E-state index in [0.29, 0.717) is 23.5 Å². The quantitative estimate of drug-likeness (QED) is 0.583. The summed E-state index contributed by atoms with van der Waals surface area (Å²) >= 11 is 0. The number of methoxy groups -OCH3 is 2. The number of ether oxygens (including phenoxy) is 2. The lowest BCUT2D eigenvalue weighted by molar-refractivity contribution is -0.425. The van der Waals surface area contributed by atoms with Crippen LogP contribution in [0.2, 0.25) is 0 Å². The Kier molecular flexibility index (Phi) is 4.51. The lowest BCUT2D eigenvalue weighted by Crippen LogP contribution is -1.97. The van der Waals surface area contributed by atoms with Crippen molar-refractivity contribution >= 4 is 6.08 Å². The molecule has 92 valence electrons. The molecule has 0 atom stereocenters. The van der Waals surface area contributed by atoms with E-state index in [9.17, 15) is 10.1 Å². The predicted molar refractivity (Wildman–Crippen MR) is 64.8 cm³/mol. The molecule has 1 aromatic rings. The van der Waals surface area contributed by atoms with Crippen molar-refractivity contribution in [1.29, 1.82) is 0 Å². The van der Waals surface area contributed by atoms with Crippen molar-refractivity contribution in [1.82, 2.24) is 0 Å². The number of benzene rings is 1. The Morgan fingerprint density at radius 1 is 1.41 bits per heavy atom. The average molecular weight is 237 g/mol. The maximum atomic E-state index is 10.7. The second-order valence-electron chi connectivity index (χ2n) is 3.35. The van der Waals surface area contributed by atoms with Crippen molar-refractivity contribution in [2.75, 3.05) is 14.2 Å². The molecule has 0 unspecified atom stereocenters. The maximum Gasteiger partial charge on any atom is 0.246 e. The maximum absolute atomic E-state index is 10.7. The van der Waals surface area contributed by atoms with Gasteiger partial charge >= 0.3 is 0 Å². The molecule has 0 aliphatic rings. The predicted octanol–water partition coefficient (Wildman–Crippen LogP) is 2.73. The third-order valence-electron chi connectivity index (χ3n) is 2.36. The second-order valence-corrected chi connectivity index (χ2v) is 3.35. The van der Waals surface area contributed by atoms with E-state index in [4.69, 9.17) is 9.47 Å². The van der Waals surface area contributed by atoms with Gasteiger partial charge in [0.2, 0.25) is 5.70 Å². The highest BCUT2D eigenvalue weighted by Gasteiger charge is 2.10. The van der Waals surface area contributed by atoms with Crippen molar-refractivity contribution in [2.24, 2.45) is 0 Å². The molecule has 0 saturated carbocycles. The second kappa shape index (κ2) is 5.89. The summed E-state index contributed by atoms with van der Waals surface area (Å²) in [6.07, 6.45) is 1.88. The molecule has 17 heavy (non-hydrogen) atoms. The van der Waals surface area contributed by atoms with Crippen molar-refractivity contribution in [2.45, 2.75) is 13.3 Å². The van der Waals surface area contributed by atoms with Gasteiger partial charge in [-0.3, -0.25) is 10.1 Å². The minimum atomic E-state index is -0.385. The van der Waals surface area contributed by atoms with E-state index in [-0.39, 0.29) is 10.6 Å². The molecule has 0 saturated heterocycles. The highest BCUT2D eigenvalue weighted by molar-refractivity contribution is 5.60. The van der Waals surface area contributed by atoms with Crippen molar-refractivity contribution in [3.63, 3.8) is 0 Å². The van der Waals surface area contributed by atoms with E-state index in [2.05, 4.69) is 0 Å². The molecule has 0 aliphatic carbocycles. The van der Waals surface area contributed by atoms with Crippen LogP contribution in [0.3, 0.4) is 0 Å². The molecule has 0 amide bonds. The highest BCUT2D eigenvalue weighted by atomic mass is 16.6. The highest BCUT2D eigenvalue weighted by Crippen LogP contribution is 2.26. The third-order valence-corrected chi connectivity index (χ3v) is 2.36. The molecule has 5 heteroatoms. The number of rotatable bonds is 5. The molecule has 1 rings (SSSR count). The van der Waals surface area contributed by atoms with Crippen molar-refractivity contribution in [3.8, 4) is 11.5 Å². The number of hydrogen-bond donors (Lipinski definition) is 0. The zero-order valence-corrected chi connectivity index (χ0v) is 10.1. The first kappa shape index (κ1) is 13.0. The Balaban J connectivity index is 3.17. The zero-order valence-electron chi connectivity index (χ0n) is 10.1. The molecule has 0 fully saturated rings. The largest absolute Gasteiger partial charge is 0.497 e. The van der Waals surface area contributed by atoms with Gasteiger partial charge in [-0.1, -0.05) is 6.92 Å². The summed E-state index contributed by atoms with van der Waals surface area (Å²) in [4.78, 5) is 10.3. The monoisotopic (exact) mass is 237 g/mol. The summed E-state index contributed by atoms with van der Waals surface area (Å²) in [5, 5.41) is 10.7. The van der Waals surface area contributed by atoms with Crippen LogP contribution in [-0.2, 0) is 0 Å². The summed E-state index contributed by atoms with van der Waals surface area (Å²) in [6.45, 7) is 1.74. The summed E-state index contributed by atoms with van der Waals surface area (Å²) in [7, 11) is 3.07. The Labute approximate surface area is 99.8 Å². The average Bonchev–Trinajstić information content (AvgIpc) is 2.35. The summed E-state index contributed by atoms with van der Waals surface area (Å²) < 4.78 is 10.2. The van der Waals surface area contributed by atoms with E-state index >= 15 is 0 Å². The molecular weight excluding hydrogens is 222 g/mol. The fourth-order valence-corrected chi connectivity index (χ4v) is 1.40. The topological polar surface area (TPSA) is 61.6 Å². The summed E-state index contributed by atoms with van der Waals surface area (Å²) in [5.74, 6) is 1.20. The molecule has 0 bridgehead atoms. The first-order valence-electron chi connectivity index (χ1n) is 5.19. The smallest absolute Gasteiger partial charge is 0.246 e. The van der Waals surface area contributed by atoms with Gasteiger partial charge in [0, 0.05) is 24.1 Å². The Bertz CT molecular complexity index is 440. The van der Waals surface area contributed by atoms with E-state index in [1.165, 1.54) is 13.2 Å². The van der Waals surface area contributed by atoms with Crippen LogP contribution in [0, 0.1) is 10.1 Å². The zero-order chi connectivity index (χ0) is 12.8. The first-order chi connectivity index (χ1) is 8.12. The van der Waals surface area contributed by atoms with Gasteiger partial charge in [-0.2, -0.15) is 0 Å². The molecule has 0 spiro atoms. The number of nitrogens with zero attached hydrogens (tertiary/aromatic N) is 1. The van der Waals surface area contributed by atoms with Crippen molar-refractivity contribution < 1.29 is 14.4 Å². The van der Waals surface area contributed by atoms with Crippen LogP contribution in [-0.4, -0.2) is 19.1 Å². The molecule has 0 aromatic heterocycles. The minimum Gasteiger partial charge on any atom is -0.497 e. The van der Waals surface area contributed by atoms with Gasteiger partial charge in [-0.05, 0) is 12.1 Å². The van der Waals surface area contributed by atoms with Crippen LogP contribution in [0.5, 0.6) is 11.5 Å². The van der Waals surface area contributed by atoms with Gasteiger partial charge in [-0.15, -0.1) is 0 Å². The molecule has 0 aliphatic heterocycles. The fourth-order valence-electron chi connectivity index (χ4n) is 1.40. The van der Waals surface area contributed by atoms with Crippen molar-refractivity contribution in [3.05, 3.63) is 39.6 Å². The SMILES string of the molecule is CCC(=Cc1ccc(OC)cc1OC)[N+](=O)[O-]. The van der Waals surface area contributed by atoms with Gasteiger partial charge in [0.25, 0.3) is 0 Å². The number of nitro groups is 1. The van der Waals surface area contributed by atoms with Crippen LogP contribution in [0.4, 0.5) is 0 Å².